The van der Waals surface area contributed by atoms with Crippen molar-refractivity contribution in [2.24, 2.45) is 56.2 Å². The molecule has 0 aromatic heterocycles. The minimum atomic E-state index is -2.02. The molecule has 4 saturated carbocycles. The molecule has 0 unspecified atom stereocenters. The van der Waals surface area contributed by atoms with Crippen molar-refractivity contribution in [2.45, 2.75) is 136 Å². The number of aromatic hydroxyl groups is 3. The number of carbonyl (C=O) groups excluding carboxylic acids is 2. The molecule has 4 fully saturated rings. The molecule has 14 atom stereocenters. The van der Waals surface area contributed by atoms with E-state index in [1.165, 1.54) is 0 Å². The van der Waals surface area contributed by atoms with Crippen LogP contribution >= 0.6 is 0 Å². The number of phenolic OH excluding ortho intramolecular Hbond substituents is 3. The van der Waals surface area contributed by atoms with E-state index >= 15 is 0 Å². The van der Waals surface area contributed by atoms with Gasteiger partial charge in [-0.15, -0.1) is 0 Å². The molecule has 1 aliphatic heterocycles. The highest BCUT2D eigenvalue weighted by molar-refractivity contribution is 5.97. The summed E-state index contributed by atoms with van der Waals surface area (Å²) in [6, 6.07) is 0.770. The molecule has 1 aromatic carbocycles. The van der Waals surface area contributed by atoms with Crippen LogP contribution in [0.25, 0.3) is 0 Å². The maximum Gasteiger partial charge on any atom is 0.345 e. The fourth-order valence-electron chi connectivity index (χ4n) is 13.9. The molecule has 9 N–H and O–H groups in total. The topological polar surface area (TPSA) is 286 Å². The van der Waals surface area contributed by atoms with E-state index in [-0.39, 0.29) is 18.3 Å². The average Bonchev–Trinajstić information content (AvgIpc) is 3.17. The lowest BCUT2D eigenvalue weighted by atomic mass is 9.33. The predicted molar refractivity (Wildman–Crippen MR) is 212 cm³/mol. The number of fused-ring (bicyclic) bond motifs is 8. The molecule has 6 aliphatic rings. The summed E-state index contributed by atoms with van der Waals surface area (Å²) < 4.78 is 11.0. The number of hydrogen-bond acceptors (Lipinski definition) is 13. The minimum absolute atomic E-state index is 0.0823. The van der Waals surface area contributed by atoms with Crippen molar-refractivity contribution < 1.29 is 79.4 Å². The Bertz CT molecular complexity index is 2080. The predicted octanol–water partition coefficient (Wildman–Crippen LogP) is 4.70. The second-order valence-electron chi connectivity index (χ2n) is 20.9. The van der Waals surface area contributed by atoms with Crippen molar-refractivity contribution >= 4 is 29.8 Å². The maximum atomic E-state index is 14.1. The lowest BCUT2D eigenvalue weighted by Crippen LogP contribution is -2.69. The van der Waals surface area contributed by atoms with Gasteiger partial charge in [0, 0.05) is 22.8 Å². The Labute approximate surface area is 353 Å². The van der Waals surface area contributed by atoms with Crippen LogP contribution in [0.4, 0.5) is 0 Å². The van der Waals surface area contributed by atoms with E-state index < -0.39 is 152 Å². The van der Waals surface area contributed by atoms with Crippen molar-refractivity contribution in [1.82, 2.24) is 0 Å². The van der Waals surface area contributed by atoms with E-state index in [4.69, 9.17) is 9.47 Å². The van der Waals surface area contributed by atoms with Crippen molar-refractivity contribution in [3.63, 3.8) is 0 Å². The summed E-state index contributed by atoms with van der Waals surface area (Å²) in [4.78, 5) is 64.4. The Morgan fingerprint density at radius 3 is 2.15 bits per heavy atom. The first-order valence-corrected chi connectivity index (χ1v) is 21.3. The third-order valence-electron chi connectivity index (χ3n) is 17.6. The zero-order chi connectivity index (χ0) is 45.2. The van der Waals surface area contributed by atoms with Gasteiger partial charge in [-0.25, -0.2) is 9.59 Å². The van der Waals surface area contributed by atoms with E-state index in [1.807, 2.05) is 13.8 Å². The number of allylic oxidation sites excluding steroid dienone is 1. The number of rotatable bonds is 9. The zero-order valence-corrected chi connectivity index (χ0v) is 35.5. The molecule has 16 nitrogen and oxygen atoms in total. The van der Waals surface area contributed by atoms with E-state index in [0.717, 1.165) is 11.6 Å². The number of cyclic esters (lactones) is 1. The molecule has 0 spiro atoms. The third kappa shape index (κ3) is 6.35. The van der Waals surface area contributed by atoms with Crippen LogP contribution in [-0.4, -0.2) is 107 Å². The van der Waals surface area contributed by atoms with Crippen LogP contribution in [0.15, 0.2) is 17.7 Å². The minimum Gasteiger partial charge on any atom is -0.504 e. The van der Waals surface area contributed by atoms with Gasteiger partial charge in [0.1, 0.15) is 0 Å². The fraction of sp³-hybridized carbons (Fsp3) is 0.711. The van der Waals surface area contributed by atoms with Gasteiger partial charge >= 0.3 is 29.8 Å². The van der Waals surface area contributed by atoms with E-state index in [9.17, 15) is 69.9 Å². The molecule has 16 heteroatoms. The molecule has 61 heavy (non-hydrogen) atoms. The molecule has 0 radical (unpaired) electrons. The average molecular weight is 857 g/mol. The molecule has 1 aromatic rings. The molecule has 7 rings (SSSR count). The zero-order valence-electron chi connectivity index (χ0n) is 35.5. The van der Waals surface area contributed by atoms with Gasteiger partial charge in [0.15, 0.2) is 11.5 Å². The van der Waals surface area contributed by atoms with Crippen LogP contribution in [0.3, 0.4) is 0 Å². The Balaban J connectivity index is 1.19. The van der Waals surface area contributed by atoms with Gasteiger partial charge in [0.2, 0.25) is 11.9 Å². The van der Waals surface area contributed by atoms with Crippen LogP contribution in [0.2, 0.25) is 0 Å². The molecular formula is C45H60O16. The van der Waals surface area contributed by atoms with E-state index in [0.29, 0.717) is 44.9 Å². The summed E-state index contributed by atoms with van der Waals surface area (Å²) in [6.45, 7) is 11.8. The number of carboxylic acids is 3. The number of aliphatic hydroxyl groups is 3. The van der Waals surface area contributed by atoms with Gasteiger partial charge in [-0.1, -0.05) is 53.2 Å². The quantitative estimate of drug-likeness (QED) is 0.0924. The molecule has 0 bridgehead atoms. The maximum absolute atomic E-state index is 14.1. The van der Waals surface area contributed by atoms with Crippen molar-refractivity contribution in [2.75, 3.05) is 6.61 Å². The SMILES string of the molecule is CC1(C)CC[C@]2(C(=O)O)CC[C@]3(C)C(=CC[C@@H]4[C@@]5(C)C[C@@H](O)[C@H](O)[C@@](C)(COC(=O)[C@H](CC(=O)O)C[C@H]6c7c(cc(O)c(O)c7O)C(=O)O[C@@H]6C(=O)O)[C@@H]5CC[C@]43C)[C@@H]2[C@@H]1O. The summed E-state index contributed by atoms with van der Waals surface area (Å²) in [7, 11) is 0. The van der Waals surface area contributed by atoms with Crippen LogP contribution in [0.1, 0.15) is 128 Å². The number of phenols is 3. The second kappa shape index (κ2) is 14.6. The lowest BCUT2D eigenvalue weighted by molar-refractivity contribution is -0.248. The number of ether oxygens (including phenoxy) is 2. The summed E-state index contributed by atoms with van der Waals surface area (Å²) >= 11 is 0. The molecule has 0 amide bonds. The van der Waals surface area contributed by atoms with Gasteiger partial charge in [-0.05, 0) is 97.3 Å². The van der Waals surface area contributed by atoms with Gasteiger partial charge in [-0.3, -0.25) is 14.4 Å². The normalized spacial score (nSPS) is 41.5. The van der Waals surface area contributed by atoms with Gasteiger partial charge in [-0.2, -0.15) is 0 Å². The van der Waals surface area contributed by atoms with Gasteiger partial charge < -0.3 is 55.4 Å². The van der Waals surface area contributed by atoms with Crippen LogP contribution in [0, 0.1) is 56.2 Å². The number of carboxylic acid groups (broad SMARTS) is 3. The molecule has 0 saturated heterocycles. The summed E-state index contributed by atoms with van der Waals surface area (Å²) in [5.74, 6) is -13.5. The van der Waals surface area contributed by atoms with Crippen molar-refractivity contribution in [3.8, 4) is 17.2 Å². The van der Waals surface area contributed by atoms with Gasteiger partial charge in [0.25, 0.3) is 0 Å². The van der Waals surface area contributed by atoms with Crippen LogP contribution in [-0.2, 0) is 28.7 Å². The molecule has 5 aliphatic carbocycles. The third-order valence-corrected chi connectivity index (χ3v) is 17.6. The number of aliphatic hydroxyl groups excluding tert-OH is 3. The summed E-state index contributed by atoms with van der Waals surface area (Å²) in [5, 5.41) is 97.2. The van der Waals surface area contributed by atoms with E-state index in [1.54, 1.807) is 6.92 Å². The summed E-state index contributed by atoms with van der Waals surface area (Å²) in [5.41, 5.74) is -4.36. The number of aliphatic carboxylic acids is 3. The Morgan fingerprint density at radius 2 is 1.52 bits per heavy atom. The lowest BCUT2D eigenvalue weighted by Gasteiger charge is -2.71. The van der Waals surface area contributed by atoms with Crippen molar-refractivity contribution in [1.29, 1.82) is 0 Å². The molecular weight excluding hydrogens is 796 g/mol. The highest BCUT2D eigenvalue weighted by atomic mass is 16.6. The highest BCUT2D eigenvalue weighted by Crippen LogP contribution is 2.76. The smallest absolute Gasteiger partial charge is 0.345 e. The Hall–Kier alpha value is -4.41. The van der Waals surface area contributed by atoms with Crippen molar-refractivity contribution in [3.05, 3.63) is 28.8 Å². The Kier molecular flexibility index (Phi) is 10.7. The second-order valence-corrected chi connectivity index (χ2v) is 20.9. The highest BCUT2D eigenvalue weighted by Gasteiger charge is 2.72. The van der Waals surface area contributed by atoms with Crippen LogP contribution < -0.4 is 0 Å². The molecule has 1 heterocycles. The van der Waals surface area contributed by atoms with Gasteiger partial charge in [0.05, 0.1) is 48.2 Å². The number of carbonyl (C=O) groups is 5. The largest absolute Gasteiger partial charge is 0.504 e. The monoisotopic (exact) mass is 856 g/mol. The summed E-state index contributed by atoms with van der Waals surface area (Å²) in [6.07, 6.45) is -0.874. The number of benzene rings is 1. The first kappa shape index (κ1) is 44.6. The first-order valence-electron chi connectivity index (χ1n) is 21.3. The fourth-order valence-corrected chi connectivity index (χ4v) is 13.9. The Morgan fingerprint density at radius 1 is 0.869 bits per heavy atom. The molecule has 336 valence electrons. The van der Waals surface area contributed by atoms with Crippen LogP contribution in [0.5, 0.6) is 17.2 Å². The van der Waals surface area contributed by atoms with E-state index in [2.05, 4.69) is 26.8 Å². The number of esters is 2. The first-order chi connectivity index (χ1) is 28.2. The standard InChI is InChI=1S/C45H60O16/c1-40(2)11-13-45(39(58)59)14-12-43(5)23(30(45)35(40)53)7-8-27-41(3)18-25(47)34(52)42(4,26(41)9-10-44(27,43)6)19-60-37(56)20(16-28(48)49)15-21-29-22(17-24(46)31(50)32(29)51)38(57)61-33(21)36(54)55/h7,17,20-21,25-27,30,33-35,46-47,50-53H,8-16,18-19H2,1-6H3,(H,48,49)(H,54,55)(H,58,59)/t20-,21-,25+,26+,27+,30+,33-,34-,35-,41-,42-,43+,44+,45-/m0/s1. The number of hydrogen-bond donors (Lipinski definition) is 9.